The highest BCUT2D eigenvalue weighted by atomic mass is 19.1. The molecule has 0 aliphatic rings. The fourth-order valence-corrected chi connectivity index (χ4v) is 2.01. The Morgan fingerprint density at radius 3 is 2.24 bits per heavy atom. The number of halogens is 1. The van der Waals surface area contributed by atoms with Crippen LogP contribution in [0.2, 0.25) is 0 Å². The lowest BCUT2D eigenvalue weighted by Gasteiger charge is -2.14. The number of benzene rings is 2. The van der Waals surface area contributed by atoms with Gasteiger partial charge in [0.1, 0.15) is 28.6 Å². The Morgan fingerprint density at radius 2 is 1.67 bits per heavy atom. The normalized spacial score (nSPS) is 10.2. The molecular weight excluding hydrogens is 279 g/mol. The molecule has 0 atom stereocenters. The number of methoxy groups -OCH3 is 2. The number of carboxylic acid groups (broad SMARTS) is 1. The topological polar surface area (TPSA) is 76.0 Å². The molecule has 2 rings (SSSR count). The van der Waals surface area contributed by atoms with Gasteiger partial charge in [0.05, 0.1) is 14.2 Å². The number of phenols is 1. The summed E-state index contributed by atoms with van der Waals surface area (Å²) in [7, 11) is 2.76. The van der Waals surface area contributed by atoms with Gasteiger partial charge in [-0.1, -0.05) is 0 Å². The van der Waals surface area contributed by atoms with Crippen LogP contribution < -0.4 is 9.47 Å². The van der Waals surface area contributed by atoms with E-state index in [0.29, 0.717) is 11.1 Å². The number of rotatable bonds is 4. The molecule has 2 aromatic rings. The monoisotopic (exact) mass is 292 g/mol. The van der Waals surface area contributed by atoms with Crippen LogP contribution in [0.15, 0.2) is 30.3 Å². The van der Waals surface area contributed by atoms with Crippen LogP contribution in [0.3, 0.4) is 0 Å². The summed E-state index contributed by atoms with van der Waals surface area (Å²) in [4.78, 5) is 11.1. The van der Waals surface area contributed by atoms with E-state index in [2.05, 4.69) is 0 Å². The average Bonchev–Trinajstić information content (AvgIpc) is 2.46. The highest BCUT2D eigenvalue weighted by molar-refractivity contribution is 5.94. The van der Waals surface area contributed by atoms with E-state index >= 15 is 0 Å². The van der Waals surface area contributed by atoms with Crippen LogP contribution in [0.25, 0.3) is 11.1 Å². The average molecular weight is 292 g/mol. The molecule has 0 aliphatic carbocycles. The van der Waals surface area contributed by atoms with Crippen molar-refractivity contribution in [2.24, 2.45) is 0 Å². The second kappa shape index (κ2) is 5.70. The summed E-state index contributed by atoms with van der Waals surface area (Å²) in [5.74, 6) is -1.69. The Labute approximate surface area is 120 Å². The van der Waals surface area contributed by atoms with E-state index in [1.54, 1.807) is 0 Å². The molecule has 5 nitrogen and oxygen atoms in total. The van der Waals surface area contributed by atoms with Crippen molar-refractivity contribution in [1.29, 1.82) is 0 Å². The van der Waals surface area contributed by atoms with Crippen LogP contribution in [0.5, 0.6) is 17.2 Å². The molecule has 0 aliphatic heterocycles. The van der Waals surface area contributed by atoms with Gasteiger partial charge in [0.15, 0.2) is 0 Å². The summed E-state index contributed by atoms with van der Waals surface area (Å²) in [5.41, 5.74) is 0.556. The van der Waals surface area contributed by atoms with E-state index in [9.17, 15) is 14.3 Å². The fourth-order valence-electron chi connectivity index (χ4n) is 2.01. The molecule has 110 valence electrons. The molecule has 0 spiro atoms. The first kappa shape index (κ1) is 14.6. The van der Waals surface area contributed by atoms with Crippen molar-refractivity contribution < 1.29 is 28.9 Å². The Hall–Kier alpha value is -2.76. The van der Waals surface area contributed by atoms with Crippen molar-refractivity contribution in [1.82, 2.24) is 0 Å². The van der Waals surface area contributed by atoms with Gasteiger partial charge < -0.3 is 19.7 Å². The van der Waals surface area contributed by atoms with Gasteiger partial charge in [-0.25, -0.2) is 9.18 Å². The van der Waals surface area contributed by atoms with Crippen LogP contribution in [-0.2, 0) is 0 Å². The third kappa shape index (κ3) is 2.74. The van der Waals surface area contributed by atoms with Gasteiger partial charge in [0.2, 0.25) is 0 Å². The van der Waals surface area contributed by atoms with Crippen LogP contribution in [0, 0.1) is 5.82 Å². The summed E-state index contributed by atoms with van der Waals surface area (Å²) < 4.78 is 23.5. The third-order valence-corrected chi connectivity index (χ3v) is 3.00. The molecule has 21 heavy (non-hydrogen) atoms. The first-order valence-corrected chi connectivity index (χ1v) is 5.96. The zero-order valence-corrected chi connectivity index (χ0v) is 11.4. The van der Waals surface area contributed by atoms with Crippen molar-refractivity contribution in [3.05, 3.63) is 41.7 Å². The number of hydrogen-bond donors (Lipinski definition) is 2. The molecule has 0 bridgehead atoms. The van der Waals surface area contributed by atoms with Crippen LogP contribution >= 0.6 is 0 Å². The lowest BCUT2D eigenvalue weighted by Crippen LogP contribution is -2.00. The van der Waals surface area contributed by atoms with Gasteiger partial charge in [-0.15, -0.1) is 0 Å². The predicted molar refractivity (Wildman–Crippen MR) is 73.6 cm³/mol. The highest BCUT2D eigenvalue weighted by Crippen LogP contribution is 2.40. The second-order valence-corrected chi connectivity index (χ2v) is 4.22. The van der Waals surface area contributed by atoms with E-state index < -0.39 is 17.5 Å². The molecule has 0 fully saturated rings. The lowest BCUT2D eigenvalue weighted by molar-refractivity contribution is 0.0693. The van der Waals surface area contributed by atoms with Crippen molar-refractivity contribution >= 4 is 5.97 Å². The SMILES string of the molecule is COc1cc(F)ccc1-c1cc(C(=O)O)c(O)cc1OC. The summed E-state index contributed by atoms with van der Waals surface area (Å²) in [5, 5.41) is 18.8. The van der Waals surface area contributed by atoms with Crippen molar-refractivity contribution in [3.8, 4) is 28.4 Å². The number of hydrogen-bond acceptors (Lipinski definition) is 4. The standard InChI is InChI=1S/C15H13FO5/c1-20-13-5-8(16)3-4-9(13)10-6-11(15(18)19)12(17)7-14(10)21-2/h3-7,17H,1-2H3,(H,18,19). The minimum Gasteiger partial charge on any atom is -0.507 e. The van der Waals surface area contributed by atoms with Crippen molar-refractivity contribution in [2.75, 3.05) is 14.2 Å². The number of carboxylic acids is 1. The van der Waals surface area contributed by atoms with Gasteiger partial charge in [0.25, 0.3) is 0 Å². The minimum absolute atomic E-state index is 0.232. The van der Waals surface area contributed by atoms with Crippen molar-refractivity contribution in [2.45, 2.75) is 0 Å². The van der Waals surface area contributed by atoms with Crippen LogP contribution in [0.1, 0.15) is 10.4 Å². The maximum absolute atomic E-state index is 13.3. The molecule has 0 saturated heterocycles. The summed E-state index contributed by atoms with van der Waals surface area (Å²) in [6.07, 6.45) is 0. The lowest BCUT2D eigenvalue weighted by atomic mass is 10.00. The maximum Gasteiger partial charge on any atom is 0.339 e. The summed E-state index contributed by atoms with van der Waals surface area (Å²) >= 11 is 0. The molecule has 2 N–H and O–H groups in total. The Kier molecular flexibility index (Phi) is 3.98. The summed E-state index contributed by atoms with van der Waals surface area (Å²) in [6, 6.07) is 6.31. The number of aromatic hydroxyl groups is 1. The molecule has 0 saturated carbocycles. The fraction of sp³-hybridized carbons (Fsp3) is 0.133. The van der Waals surface area contributed by atoms with Gasteiger partial charge >= 0.3 is 5.97 Å². The first-order valence-electron chi connectivity index (χ1n) is 5.96. The number of ether oxygens (including phenoxy) is 2. The van der Waals surface area contributed by atoms with Gasteiger partial charge in [-0.2, -0.15) is 0 Å². The van der Waals surface area contributed by atoms with E-state index in [-0.39, 0.29) is 17.1 Å². The first-order chi connectivity index (χ1) is 9.97. The third-order valence-electron chi connectivity index (χ3n) is 3.00. The summed E-state index contributed by atoms with van der Waals surface area (Å²) in [6.45, 7) is 0. The molecule has 0 radical (unpaired) electrons. The quantitative estimate of drug-likeness (QED) is 0.906. The van der Waals surface area contributed by atoms with Crippen LogP contribution in [-0.4, -0.2) is 30.4 Å². The molecular formula is C15H13FO5. The zero-order valence-electron chi connectivity index (χ0n) is 11.4. The van der Waals surface area contributed by atoms with E-state index in [1.807, 2.05) is 0 Å². The van der Waals surface area contributed by atoms with E-state index in [1.165, 1.54) is 44.6 Å². The maximum atomic E-state index is 13.3. The largest absolute Gasteiger partial charge is 0.507 e. The zero-order chi connectivity index (χ0) is 15.6. The molecule has 2 aromatic carbocycles. The molecule has 0 unspecified atom stereocenters. The number of aromatic carboxylic acids is 1. The minimum atomic E-state index is -1.28. The van der Waals surface area contributed by atoms with E-state index in [4.69, 9.17) is 14.6 Å². The molecule has 0 amide bonds. The van der Waals surface area contributed by atoms with Gasteiger partial charge in [-0.05, 0) is 18.2 Å². The molecule has 0 heterocycles. The smallest absolute Gasteiger partial charge is 0.339 e. The van der Waals surface area contributed by atoms with Gasteiger partial charge in [0, 0.05) is 23.3 Å². The van der Waals surface area contributed by atoms with Crippen LogP contribution in [0.4, 0.5) is 4.39 Å². The second-order valence-electron chi connectivity index (χ2n) is 4.22. The van der Waals surface area contributed by atoms with Crippen molar-refractivity contribution in [3.63, 3.8) is 0 Å². The Morgan fingerprint density at radius 1 is 1.05 bits per heavy atom. The number of carbonyl (C=O) groups is 1. The highest BCUT2D eigenvalue weighted by Gasteiger charge is 2.18. The van der Waals surface area contributed by atoms with Gasteiger partial charge in [-0.3, -0.25) is 0 Å². The predicted octanol–water partition coefficient (Wildman–Crippen LogP) is 2.91. The Bertz CT molecular complexity index is 697. The molecule has 6 heteroatoms. The molecule has 0 aromatic heterocycles. The Balaban J connectivity index is 2.73. The van der Waals surface area contributed by atoms with E-state index in [0.717, 1.165) is 0 Å².